The highest BCUT2D eigenvalue weighted by Gasteiger charge is 2.18. The number of aromatic nitrogens is 2. The average molecular weight is 382 g/mol. The Bertz CT molecular complexity index is 1070. The molecule has 1 amide bonds. The summed E-state index contributed by atoms with van der Waals surface area (Å²) in [6.07, 6.45) is 2.50. The molecule has 1 aliphatic rings. The van der Waals surface area contributed by atoms with E-state index in [1.54, 1.807) is 22.8 Å². The average Bonchev–Trinajstić information content (AvgIpc) is 3.15. The lowest BCUT2D eigenvalue weighted by Crippen LogP contribution is -2.28. The van der Waals surface area contributed by atoms with Crippen molar-refractivity contribution in [3.63, 3.8) is 0 Å². The molecule has 0 saturated heterocycles. The van der Waals surface area contributed by atoms with Gasteiger partial charge in [-0.25, -0.2) is 4.98 Å². The number of halogens is 1. The molecule has 0 aliphatic carbocycles. The molecule has 138 valence electrons. The summed E-state index contributed by atoms with van der Waals surface area (Å²) in [4.78, 5) is 29.9. The van der Waals surface area contributed by atoms with Crippen LogP contribution in [0.4, 0.5) is 0 Å². The first-order valence-corrected chi connectivity index (χ1v) is 9.54. The maximum Gasteiger partial charge on any atom is 0.261 e. The Kier molecular flexibility index (Phi) is 4.70. The van der Waals surface area contributed by atoms with E-state index < -0.39 is 0 Å². The second-order valence-electron chi connectivity index (χ2n) is 6.81. The summed E-state index contributed by atoms with van der Waals surface area (Å²) < 4.78 is 1.73. The molecule has 5 nitrogen and oxygen atoms in total. The molecule has 0 bridgehead atoms. The lowest BCUT2D eigenvalue weighted by Gasteiger charge is -2.18. The van der Waals surface area contributed by atoms with E-state index in [1.807, 2.05) is 31.2 Å². The molecule has 1 aromatic heterocycles. The normalized spacial score (nSPS) is 14.1. The summed E-state index contributed by atoms with van der Waals surface area (Å²) in [6.45, 7) is 2.74. The molecule has 1 unspecified atom stereocenters. The zero-order valence-corrected chi connectivity index (χ0v) is 15.8. The van der Waals surface area contributed by atoms with Crippen molar-refractivity contribution in [2.75, 3.05) is 0 Å². The molecular weight excluding hydrogens is 362 g/mol. The van der Waals surface area contributed by atoms with Crippen molar-refractivity contribution in [1.29, 1.82) is 0 Å². The number of hydrogen-bond donors (Lipinski definition) is 1. The minimum Gasteiger partial charge on any atom is -0.345 e. The first-order chi connectivity index (χ1) is 13.1. The van der Waals surface area contributed by atoms with E-state index in [2.05, 4.69) is 10.3 Å². The first kappa shape index (κ1) is 17.7. The number of benzene rings is 2. The molecule has 4 rings (SSSR count). The number of fused-ring (bicyclic) bond motifs is 2. The van der Waals surface area contributed by atoms with Gasteiger partial charge in [0.15, 0.2) is 0 Å². The second kappa shape index (κ2) is 7.16. The minimum absolute atomic E-state index is 0.0212. The Morgan fingerprint density at radius 1 is 1.26 bits per heavy atom. The summed E-state index contributed by atoms with van der Waals surface area (Å²) in [5.41, 5.74) is 2.07. The highest BCUT2D eigenvalue weighted by Crippen LogP contribution is 2.21. The fourth-order valence-corrected chi connectivity index (χ4v) is 3.71. The molecular formula is C21H20ClN3O2. The van der Waals surface area contributed by atoms with Gasteiger partial charge >= 0.3 is 0 Å². The number of aryl methyl sites for hydroxylation is 1. The summed E-state index contributed by atoms with van der Waals surface area (Å²) >= 11 is 5.95. The molecule has 1 aliphatic heterocycles. The summed E-state index contributed by atoms with van der Waals surface area (Å²) in [6, 6.07) is 12.5. The summed E-state index contributed by atoms with van der Waals surface area (Å²) in [7, 11) is 0. The quantitative estimate of drug-likeness (QED) is 0.746. The molecule has 6 heteroatoms. The van der Waals surface area contributed by atoms with Gasteiger partial charge in [-0.15, -0.1) is 0 Å². The van der Waals surface area contributed by atoms with Crippen LogP contribution in [0.3, 0.4) is 0 Å². The van der Waals surface area contributed by atoms with Crippen LogP contribution in [0.1, 0.15) is 47.6 Å². The van der Waals surface area contributed by atoms with Crippen molar-refractivity contribution in [2.24, 2.45) is 0 Å². The standard InChI is InChI=1S/C21H20ClN3O2/c1-2-17(13-5-8-15(22)9-6-13)24-20(26)14-7-10-16-18(12-14)23-19-4-3-11-25(19)21(16)27/h5-10,12,17H,2-4,11H2,1H3,(H,24,26). The zero-order chi connectivity index (χ0) is 19.0. The van der Waals surface area contributed by atoms with Crippen LogP contribution in [-0.4, -0.2) is 15.5 Å². The van der Waals surface area contributed by atoms with Crippen molar-refractivity contribution in [2.45, 2.75) is 38.8 Å². The predicted octanol–water partition coefficient (Wildman–Crippen LogP) is 3.88. The third-order valence-corrected chi connectivity index (χ3v) is 5.32. The first-order valence-electron chi connectivity index (χ1n) is 9.16. The van der Waals surface area contributed by atoms with Gasteiger partial charge in [-0.1, -0.05) is 30.7 Å². The third kappa shape index (κ3) is 3.35. The molecule has 2 aromatic carbocycles. The van der Waals surface area contributed by atoms with Gasteiger partial charge in [-0.3, -0.25) is 14.2 Å². The van der Waals surface area contributed by atoms with Crippen molar-refractivity contribution in [3.8, 4) is 0 Å². The van der Waals surface area contributed by atoms with E-state index in [1.165, 1.54) is 0 Å². The van der Waals surface area contributed by atoms with Crippen LogP contribution in [0.5, 0.6) is 0 Å². The van der Waals surface area contributed by atoms with Crippen molar-refractivity contribution in [3.05, 3.63) is 74.8 Å². The number of carbonyl (C=O) groups is 1. The van der Waals surface area contributed by atoms with Crippen molar-refractivity contribution >= 4 is 28.4 Å². The lowest BCUT2D eigenvalue weighted by molar-refractivity contribution is 0.0935. The number of nitrogens with one attached hydrogen (secondary N) is 1. The lowest BCUT2D eigenvalue weighted by atomic mass is 10.0. The zero-order valence-electron chi connectivity index (χ0n) is 15.0. The van der Waals surface area contributed by atoms with Crippen LogP contribution in [0.15, 0.2) is 47.3 Å². The van der Waals surface area contributed by atoms with Crippen LogP contribution in [0.2, 0.25) is 5.02 Å². The van der Waals surface area contributed by atoms with E-state index in [4.69, 9.17) is 11.6 Å². The molecule has 0 saturated carbocycles. The largest absolute Gasteiger partial charge is 0.345 e. The van der Waals surface area contributed by atoms with Gasteiger partial charge in [0.05, 0.1) is 16.9 Å². The highest BCUT2D eigenvalue weighted by molar-refractivity contribution is 6.30. The smallest absolute Gasteiger partial charge is 0.261 e. The van der Waals surface area contributed by atoms with Gasteiger partial charge in [0.1, 0.15) is 5.82 Å². The number of rotatable bonds is 4. The highest BCUT2D eigenvalue weighted by atomic mass is 35.5. The minimum atomic E-state index is -0.180. The Morgan fingerprint density at radius 2 is 2.04 bits per heavy atom. The van der Waals surface area contributed by atoms with Gasteiger partial charge < -0.3 is 5.32 Å². The Balaban J connectivity index is 1.63. The molecule has 2 heterocycles. The Labute approximate surface area is 162 Å². The molecule has 1 atom stereocenters. The van der Waals surface area contributed by atoms with Gasteiger partial charge in [-0.2, -0.15) is 0 Å². The molecule has 3 aromatic rings. The maximum atomic E-state index is 12.8. The Hall–Kier alpha value is -2.66. The molecule has 0 spiro atoms. The van der Waals surface area contributed by atoms with Crippen molar-refractivity contribution in [1.82, 2.24) is 14.9 Å². The van der Waals surface area contributed by atoms with Crippen LogP contribution < -0.4 is 10.9 Å². The third-order valence-electron chi connectivity index (χ3n) is 5.06. The van der Waals surface area contributed by atoms with E-state index in [0.717, 1.165) is 37.2 Å². The summed E-state index contributed by atoms with van der Waals surface area (Å²) in [5.74, 6) is 0.624. The van der Waals surface area contributed by atoms with Gasteiger partial charge in [0, 0.05) is 23.6 Å². The summed E-state index contributed by atoms with van der Waals surface area (Å²) in [5, 5.41) is 4.28. The van der Waals surface area contributed by atoms with E-state index >= 15 is 0 Å². The van der Waals surface area contributed by atoms with Gasteiger partial charge in [0.25, 0.3) is 11.5 Å². The molecule has 0 radical (unpaired) electrons. The SMILES string of the molecule is CCC(NC(=O)c1ccc2c(=O)n3c(nc2c1)CCC3)c1ccc(Cl)cc1. The fourth-order valence-electron chi connectivity index (χ4n) is 3.58. The van der Waals surface area contributed by atoms with Gasteiger partial charge in [-0.05, 0) is 48.7 Å². The number of amides is 1. The monoisotopic (exact) mass is 381 g/mol. The van der Waals surface area contributed by atoms with E-state index in [0.29, 0.717) is 21.5 Å². The fraction of sp³-hybridized carbons (Fsp3) is 0.286. The molecule has 27 heavy (non-hydrogen) atoms. The van der Waals surface area contributed by atoms with Crippen LogP contribution in [0, 0.1) is 0 Å². The molecule has 0 fully saturated rings. The van der Waals surface area contributed by atoms with E-state index in [9.17, 15) is 9.59 Å². The molecule has 1 N–H and O–H groups in total. The Morgan fingerprint density at radius 3 is 2.78 bits per heavy atom. The predicted molar refractivity (Wildman–Crippen MR) is 106 cm³/mol. The van der Waals surface area contributed by atoms with Crippen LogP contribution in [0.25, 0.3) is 10.9 Å². The van der Waals surface area contributed by atoms with Gasteiger partial charge in [0.2, 0.25) is 0 Å². The maximum absolute atomic E-state index is 12.8. The second-order valence-corrected chi connectivity index (χ2v) is 7.24. The van der Waals surface area contributed by atoms with Crippen LogP contribution >= 0.6 is 11.6 Å². The topological polar surface area (TPSA) is 64.0 Å². The van der Waals surface area contributed by atoms with Crippen LogP contribution in [-0.2, 0) is 13.0 Å². The van der Waals surface area contributed by atoms with Crippen molar-refractivity contribution < 1.29 is 4.79 Å². The number of nitrogens with zero attached hydrogens (tertiary/aromatic N) is 2. The van der Waals surface area contributed by atoms with E-state index in [-0.39, 0.29) is 17.5 Å². The number of carbonyl (C=O) groups excluding carboxylic acids is 1. The number of hydrogen-bond acceptors (Lipinski definition) is 3.